The van der Waals surface area contributed by atoms with E-state index < -0.39 is 0 Å². The number of anilines is 1. The number of Topliss-reactive ketones (excluding diaryl/α,β-unsaturated/α-hetero) is 1. The average molecular weight is 347 g/mol. The van der Waals surface area contributed by atoms with Gasteiger partial charge in [0, 0.05) is 0 Å². The molecule has 0 N–H and O–H groups in total. The number of nitrogens with zero attached hydrogens (tertiary/aromatic N) is 2. The normalized spacial score (nSPS) is 17.1. The van der Waals surface area contributed by atoms with Gasteiger partial charge in [-0.1, -0.05) is 0 Å². The Morgan fingerprint density at radius 1 is 1.05 bits per heavy atom. The Labute approximate surface area is 132 Å². The zero-order chi connectivity index (χ0) is 15.1. The van der Waals surface area contributed by atoms with Gasteiger partial charge in [0.15, 0.2) is 0 Å². The summed E-state index contributed by atoms with van der Waals surface area (Å²) in [6.07, 6.45) is 3.67. The van der Waals surface area contributed by atoms with E-state index in [1.54, 1.807) is 0 Å². The van der Waals surface area contributed by atoms with Crippen LogP contribution in [0.3, 0.4) is 0 Å². The molecule has 0 spiro atoms. The van der Waals surface area contributed by atoms with Gasteiger partial charge in [0.2, 0.25) is 0 Å². The Morgan fingerprint density at radius 3 is 2.48 bits per heavy atom. The van der Waals surface area contributed by atoms with E-state index in [0.29, 0.717) is 12.2 Å². The Morgan fingerprint density at radius 2 is 1.81 bits per heavy atom. The van der Waals surface area contributed by atoms with Gasteiger partial charge in [0.05, 0.1) is 0 Å². The molecule has 3 rings (SSSR count). The van der Waals surface area contributed by atoms with Crippen molar-refractivity contribution in [1.29, 1.82) is 0 Å². The summed E-state index contributed by atoms with van der Waals surface area (Å²) < 4.78 is 2.44. The quantitative estimate of drug-likeness (QED) is 0.754. The molecule has 0 atom stereocenters. The van der Waals surface area contributed by atoms with Gasteiger partial charge in [-0.25, -0.2) is 0 Å². The third kappa shape index (κ3) is 2.66. The number of hydrogen-bond donors (Lipinski definition) is 0. The topological polar surface area (TPSA) is 23.6 Å². The van der Waals surface area contributed by atoms with E-state index in [-0.39, 0.29) is 15.0 Å². The van der Waals surface area contributed by atoms with Crippen molar-refractivity contribution in [3.63, 3.8) is 0 Å². The minimum absolute atomic E-state index is 0.152. The second kappa shape index (κ2) is 5.36. The van der Waals surface area contributed by atoms with E-state index >= 15 is 0 Å². The van der Waals surface area contributed by atoms with Crippen molar-refractivity contribution in [2.24, 2.45) is 0 Å². The number of carbonyl (C=O) groups excluding carboxylic acids is 1. The monoisotopic (exact) mass is 348 g/mol. The summed E-state index contributed by atoms with van der Waals surface area (Å²) in [7, 11) is 8.15. The molecular formula is C17H20N2OSe. The Bertz CT molecular complexity index is 671. The molecule has 0 aromatic heterocycles. The molecule has 0 unspecified atom stereocenters. The number of carbonyl (C=O) groups is 1. The van der Waals surface area contributed by atoms with E-state index in [9.17, 15) is 4.79 Å². The summed E-state index contributed by atoms with van der Waals surface area (Å²) in [6.45, 7) is 0. The van der Waals surface area contributed by atoms with Crippen molar-refractivity contribution >= 4 is 30.9 Å². The first-order valence-electron chi connectivity index (χ1n) is 7.08. The molecule has 0 saturated carbocycles. The van der Waals surface area contributed by atoms with Gasteiger partial charge in [-0.05, 0) is 0 Å². The molecule has 0 radical (unpaired) electrons. The fraction of sp³-hybridized carbons (Fsp3) is 0.353. The minimum atomic E-state index is 0.152. The fourth-order valence-electron chi connectivity index (χ4n) is 2.68. The van der Waals surface area contributed by atoms with Crippen molar-refractivity contribution in [2.45, 2.75) is 12.8 Å². The van der Waals surface area contributed by atoms with E-state index in [4.69, 9.17) is 0 Å². The summed E-state index contributed by atoms with van der Waals surface area (Å²) in [4.78, 5) is 16.6. The molecule has 0 fully saturated rings. The zero-order valence-corrected chi connectivity index (χ0v) is 14.6. The molecule has 1 aliphatic carbocycles. The van der Waals surface area contributed by atoms with Crippen LogP contribution in [0.1, 0.15) is 12.0 Å². The van der Waals surface area contributed by atoms with Crippen LogP contribution in [-0.4, -0.2) is 53.8 Å². The van der Waals surface area contributed by atoms with Crippen LogP contribution >= 0.6 is 0 Å². The zero-order valence-electron chi connectivity index (χ0n) is 12.9. The van der Waals surface area contributed by atoms with Gasteiger partial charge >= 0.3 is 132 Å². The van der Waals surface area contributed by atoms with Crippen molar-refractivity contribution in [2.75, 3.05) is 33.1 Å². The van der Waals surface area contributed by atoms with Crippen LogP contribution in [0.5, 0.6) is 0 Å². The van der Waals surface area contributed by atoms with Crippen LogP contribution < -0.4 is 9.36 Å². The fourth-order valence-corrected chi connectivity index (χ4v) is 4.92. The van der Waals surface area contributed by atoms with Crippen LogP contribution in [0.15, 0.2) is 40.0 Å². The van der Waals surface area contributed by atoms with Crippen molar-refractivity contribution in [1.82, 2.24) is 4.90 Å². The molecule has 21 heavy (non-hydrogen) atoms. The van der Waals surface area contributed by atoms with Crippen molar-refractivity contribution < 1.29 is 4.79 Å². The second-order valence-corrected chi connectivity index (χ2v) is 8.16. The third-order valence-corrected chi connectivity index (χ3v) is 6.71. The van der Waals surface area contributed by atoms with Crippen LogP contribution in [0, 0.1) is 0 Å². The Hall–Kier alpha value is -1.51. The number of hydrogen-bond acceptors (Lipinski definition) is 3. The van der Waals surface area contributed by atoms with Crippen LogP contribution in [0.4, 0.5) is 5.69 Å². The summed E-state index contributed by atoms with van der Waals surface area (Å²) in [5.41, 5.74) is 4.97. The van der Waals surface area contributed by atoms with E-state index in [2.05, 4.69) is 48.2 Å². The Kier molecular flexibility index (Phi) is 3.68. The second-order valence-electron chi connectivity index (χ2n) is 5.95. The summed E-state index contributed by atoms with van der Waals surface area (Å²) in [6, 6.07) is 6.62. The van der Waals surface area contributed by atoms with Crippen molar-refractivity contribution in [3.05, 3.63) is 45.6 Å². The number of rotatable bonds is 2. The molecular weight excluding hydrogens is 327 g/mol. The first-order valence-corrected chi connectivity index (χ1v) is 8.79. The summed E-state index contributed by atoms with van der Waals surface area (Å²) in [5.74, 6) is 0.318. The van der Waals surface area contributed by atoms with E-state index in [1.165, 1.54) is 21.3 Å². The molecule has 4 heteroatoms. The number of fused-ring (bicyclic) bond motifs is 1. The number of ketones is 1. The molecule has 1 aromatic carbocycles. The molecule has 3 nitrogen and oxygen atoms in total. The molecule has 1 aromatic rings. The van der Waals surface area contributed by atoms with Gasteiger partial charge in [-0.2, -0.15) is 0 Å². The maximum absolute atomic E-state index is 12.4. The maximum atomic E-state index is 12.4. The molecule has 1 heterocycles. The Balaban J connectivity index is 1.99. The van der Waals surface area contributed by atoms with Crippen molar-refractivity contribution in [3.8, 4) is 0 Å². The van der Waals surface area contributed by atoms with Gasteiger partial charge in [-0.3, -0.25) is 0 Å². The average Bonchev–Trinajstić information content (AvgIpc) is 2.44. The third-order valence-electron chi connectivity index (χ3n) is 3.96. The summed E-state index contributed by atoms with van der Waals surface area (Å²) in [5, 5.41) is 0. The summed E-state index contributed by atoms with van der Waals surface area (Å²) >= 11 is 0.152. The van der Waals surface area contributed by atoms with Gasteiger partial charge in [-0.15, -0.1) is 0 Å². The first-order chi connectivity index (χ1) is 9.95. The van der Waals surface area contributed by atoms with Crippen LogP contribution in [0.25, 0.3) is 0 Å². The first kappa shape index (κ1) is 14.4. The molecule has 1 aliphatic heterocycles. The predicted molar refractivity (Wildman–Crippen MR) is 88.3 cm³/mol. The van der Waals surface area contributed by atoms with Gasteiger partial charge < -0.3 is 0 Å². The predicted octanol–water partition coefficient (Wildman–Crippen LogP) is 1.31. The standard InChI is InChI=1S/C17H20N2OSe/c1-18(2)13-5-6-16-11(8-13)7-12-9-14(19(3)4)10-15(20)17(12)21-16/h5-6,8-9H,7,10H2,1-4H3. The SMILES string of the molecule is CN(C)C1=CC2=C([Se]c3ccc(N(C)C)cc3C2)C(=O)C1. The molecule has 0 bridgehead atoms. The van der Waals surface area contributed by atoms with Crippen LogP contribution in [-0.2, 0) is 11.2 Å². The molecule has 110 valence electrons. The van der Waals surface area contributed by atoms with E-state index in [1.807, 2.05) is 14.1 Å². The molecule has 0 amide bonds. The van der Waals surface area contributed by atoms with Gasteiger partial charge in [0.25, 0.3) is 0 Å². The number of benzene rings is 1. The van der Waals surface area contributed by atoms with E-state index in [0.717, 1.165) is 16.6 Å². The van der Waals surface area contributed by atoms with Gasteiger partial charge in [0.1, 0.15) is 0 Å². The number of allylic oxidation sites excluding steroid dienone is 4. The molecule has 2 aliphatic rings. The molecule has 0 saturated heterocycles. The van der Waals surface area contributed by atoms with Crippen LogP contribution in [0.2, 0.25) is 0 Å².